The lowest BCUT2D eigenvalue weighted by molar-refractivity contribution is 0.0258. The zero-order chi connectivity index (χ0) is 21.2. The second kappa shape index (κ2) is 8.82. The number of anilines is 1. The van der Waals surface area contributed by atoms with E-state index in [4.69, 9.17) is 14.2 Å². The number of ether oxygens (including phenoxy) is 3. The van der Waals surface area contributed by atoms with Gasteiger partial charge in [0.05, 0.1) is 18.3 Å². The van der Waals surface area contributed by atoms with Crippen LogP contribution in [0.5, 0.6) is 5.75 Å². The van der Waals surface area contributed by atoms with E-state index in [1.54, 1.807) is 7.11 Å². The van der Waals surface area contributed by atoms with Gasteiger partial charge in [0.2, 0.25) is 0 Å². The van der Waals surface area contributed by atoms with Crippen molar-refractivity contribution in [2.45, 2.75) is 65.6 Å². The van der Waals surface area contributed by atoms with Crippen LogP contribution < -0.4 is 9.64 Å². The molecule has 29 heavy (non-hydrogen) atoms. The van der Waals surface area contributed by atoms with Gasteiger partial charge in [-0.1, -0.05) is 6.92 Å². The first-order valence-corrected chi connectivity index (χ1v) is 10.8. The molecule has 6 heteroatoms. The van der Waals surface area contributed by atoms with Crippen LogP contribution in [-0.2, 0) is 22.3 Å². The molecule has 1 aromatic carbocycles. The summed E-state index contributed by atoms with van der Waals surface area (Å²) in [6.07, 6.45) is 2.63. The van der Waals surface area contributed by atoms with Gasteiger partial charge in [0.25, 0.3) is 0 Å². The number of amides is 1. The number of fused-ring (bicyclic) bond motifs is 2. The molecule has 1 aromatic rings. The quantitative estimate of drug-likeness (QED) is 0.760. The lowest BCUT2D eigenvalue weighted by atomic mass is 9.94. The predicted octanol–water partition coefficient (Wildman–Crippen LogP) is 3.95. The van der Waals surface area contributed by atoms with E-state index in [0.717, 1.165) is 38.1 Å². The van der Waals surface area contributed by atoms with Crippen molar-refractivity contribution in [2.24, 2.45) is 0 Å². The summed E-state index contributed by atoms with van der Waals surface area (Å²) >= 11 is 0. The van der Waals surface area contributed by atoms with Crippen molar-refractivity contribution < 1.29 is 19.0 Å². The summed E-state index contributed by atoms with van der Waals surface area (Å²) < 4.78 is 17.3. The molecule has 2 aliphatic rings. The molecule has 162 valence electrons. The summed E-state index contributed by atoms with van der Waals surface area (Å²) in [6, 6.07) is 2.19. The number of carbonyl (C=O) groups excluding carboxylic acids is 1. The van der Waals surface area contributed by atoms with E-state index in [0.29, 0.717) is 19.7 Å². The number of rotatable bonds is 4. The van der Waals surface area contributed by atoms with E-state index in [-0.39, 0.29) is 12.2 Å². The molecule has 6 nitrogen and oxygen atoms in total. The molecule has 0 radical (unpaired) electrons. The van der Waals surface area contributed by atoms with E-state index < -0.39 is 5.60 Å². The SMILES string of the molecule is CC[C@@H](CN1CCOc2cc3c(c(C)c21)CCN(C(=O)OC(C)(C)C)CC3)OC. The van der Waals surface area contributed by atoms with Gasteiger partial charge in [-0.15, -0.1) is 0 Å². The Hall–Kier alpha value is -1.95. The largest absolute Gasteiger partial charge is 0.490 e. The van der Waals surface area contributed by atoms with Crippen molar-refractivity contribution in [3.63, 3.8) is 0 Å². The molecule has 0 spiro atoms. The second-order valence-corrected chi connectivity index (χ2v) is 9.01. The van der Waals surface area contributed by atoms with Crippen LogP contribution in [0, 0.1) is 6.92 Å². The molecule has 0 unspecified atom stereocenters. The monoisotopic (exact) mass is 404 g/mol. The van der Waals surface area contributed by atoms with Crippen molar-refractivity contribution in [2.75, 3.05) is 44.8 Å². The van der Waals surface area contributed by atoms with E-state index in [1.165, 1.54) is 22.4 Å². The van der Waals surface area contributed by atoms with E-state index in [1.807, 2.05) is 25.7 Å². The van der Waals surface area contributed by atoms with Gasteiger partial charge in [0, 0.05) is 26.7 Å². The number of nitrogens with zero attached hydrogens (tertiary/aromatic N) is 2. The Labute approximate surface area is 175 Å². The molecule has 1 atom stereocenters. The van der Waals surface area contributed by atoms with Gasteiger partial charge in [-0.2, -0.15) is 0 Å². The minimum absolute atomic E-state index is 0.210. The molecule has 0 aromatic heterocycles. The molecular weight excluding hydrogens is 368 g/mol. The van der Waals surface area contributed by atoms with Gasteiger partial charge in [-0.05, 0) is 69.7 Å². The maximum Gasteiger partial charge on any atom is 0.410 e. The zero-order valence-corrected chi connectivity index (χ0v) is 18.8. The summed E-state index contributed by atoms with van der Waals surface area (Å²) in [6.45, 7) is 13.9. The van der Waals surface area contributed by atoms with Gasteiger partial charge in [-0.25, -0.2) is 4.79 Å². The lowest BCUT2D eigenvalue weighted by Crippen LogP contribution is -2.39. The van der Waals surface area contributed by atoms with Gasteiger partial charge in [-0.3, -0.25) is 0 Å². The minimum Gasteiger partial charge on any atom is -0.490 e. The smallest absolute Gasteiger partial charge is 0.410 e. The summed E-state index contributed by atoms with van der Waals surface area (Å²) in [5.74, 6) is 0.962. The number of benzene rings is 1. The molecule has 2 aliphatic heterocycles. The van der Waals surface area contributed by atoms with E-state index >= 15 is 0 Å². The molecule has 0 N–H and O–H groups in total. The molecule has 3 rings (SSSR count). The van der Waals surface area contributed by atoms with Gasteiger partial charge >= 0.3 is 6.09 Å². The molecule has 0 aliphatic carbocycles. The number of hydrogen-bond donors (Lipinski definition) is 0. The highest BCUT2D eigenvalue weighted by molar-refractivity contribution is 5.71. The second-order valence-electron chi connectivity index (χ2n) is 9.01. The number of hydrogen-bond acceptors (Lipinski definition) is 5. The molecule has 0 bridgehead atoms. The van der Waals surface area contributed by atoms with Crippen LogP contribution in [0.15, 0.2) is 6.07 Å². The third kappa shape index (κ3) is 4.97. The van der Waals surface area contributed by atoms with Crippen molar-refractivity contribution in [3.8, 4) is 5.75 Å². The summed E-state index contributed by atoms with van der Waals surface area (Å²) in [5, 5.41) is 0. The Kier molecular flexibility index (Phi) is 6.62. The average Bonchev–Trinajstić information content (AvgIpc) is 2.87. The van der Waals surface area contributed by atoms with Crippen molar-refractivity contribution in [3.05, 3.63) is 22.8 Å². The first kappa shape index (κ1) is 21.8. The molecule has 0 fully saturated rings. The third-order valence-corrected chi connectivity index (χ3v) is 5.82. The van der Waals surface area contributed by atoms with Crippen LogP contribution in [0.2, 0.25) is 0 Å². The maximum atomic E-state index is 12.6. The number of carbonyl (C=O) groups is 1. The van der Waals surface area contributed by atoms with Gasteiger partial charge in [0.1, 0.15) is 18.0 Å². The standard InChI is InChI=1S/C23H36N2O4/c1-7-18(27-6)15-25-12-13-28-20-14-17-8-10-24(22(26)29-23(3,4)5)11-9-19(17)16(2)21(20)25/h14,18H,7-13,15H2,1-6H3/t18-/m0/s1. The Morgan fingerprint density at radius 1 is 1.24 bits per heavy atom. The van der Waals surface area contributed by atoms with Crippen LogP contribution in [0.4, 0.5) is 10.5 Å². The molecule has 0 saturated heterocycles. The first-order chi connectivity index (χ1) is 13.7. The fraction of sp³-hybridized carbons (Fsp3) is 0.696. The highest BCUT2D eigenvalue weighted by Gasteiger charge is 2.29. The highest BCUT2D eigenvalue weighted by Crippen LogP contribution is 2.40. The van der Waals surface area contributed by atoms with Crippen LogP contribution in [0.1, 0.15) is 50.8 Å². The fourth-order valence-electron chi connectivity index (χ4n) is 4.26. The highest BCUT2D eigenvalue weighted by atomic mass is 16.6. The third-order valence-electron chi connectivity index (χ3n) is 5.82. The van der Waals surface area contributed by atoms with Crippen LogP contribution in [0.25, 0.3) is 0 Å². The predicted molar refractivity (Wildman–Crippen MR) is 115 cm³/mol. The van der Waals surface area contributed by atoms with E-state index in [9.17, 15) is 4.79 Å². The van der Waals surface area contributed by atoms with Crippen molar-refractivity contribution in [1.82, 2.24) is 4.90 Å². The topological polar surface area (TPSA) is 51.2 Å². The number of methoxy groups -OCH3 is 1. The molecule has 2 heterocycles. The Morgan fingerprint density at radius 2 is 1.97 bits per heavy atom. The normalized spacial score (nSPS) is 17.7. The minimum atomic E-state index is -0.475. The van der Waals surface area contributed by atoms with E-state index in [2.05, 4.69) is 24.8 Å². The lowest BCUT2D eigenvalue weighted by Gasteiger charge is -2.36. The van der Waals surface area contributed by atoms with Crippen LogP contribution in [0.3, 0.4) is 0 Å². The summed E-state index contributed by atoms with van der Waals surface area (Å²) in [7, 11) is 1.78. The van der Waals surface area contributed by atoms with Crippen LogP contribution >= 0.6 is 0 Å². The average molecular weight is 405 g/mol. The summed E-state index contributed by atoms with van der Waals surface area (Å²) in [4.78, 5) is 16.8. The summed E-state index contributed by atoms with van der Waals surface area (Å²) in [5.41, 5.74) is 4.62. The van der Waals surface area contributed by atoms with Crippen molar-refractivity contribution in [1.29, 1.82) is 0 Å². The van der Waals surface area contributed by atoms with Crippen molar-refractivity contribution >= 4 is 11.8 Å². The molecular formula is C23H36N2O4. The van der Waals surface area contributed by atoms with Gasteiger partial charge < -0.3 is 24.0 Å². The molecule has 1 amide bonds. The Bertz CT molecular complexity index is 737. The van der Waals surface area contributed by atoms with Crippen LogP contribution in [-0.4, -0.2) is 62.6 Å². The Morgan fingerprint density at radius 3 is 2.62 bits per heavy atom. The fourth-order valence-corrected chi connectivity index (χ4v) is 4.26. The molecule has 0 saturated carbocycles. The Balaban J connectivity index is 1.84. The van der Waals surface area contributed by atoms with Gasteiger partial charge in [0.15, 0.2) is 0 Å². The zero-order valence-electron chi connectivity index (χ0n) is 18.8. The first-order valence-electron chi connectivity index (χ1n) is 10.8. The maximum absolute atomic E-state index is 12.6.